The smallest absolute Gasteiger partial charge is 0.128 e. The van der Waals surface area contributed by atoms with E-state index < -0.39 is 6.10 Å². The first kappa shape index (κ1) is 17.1. The number of hydrogen-bond acceptors (Lipinski definition) is 4. The number of nitrogens with zero attached hydrogens (tertiary/aromatic N) is 2. The van der Waals surface area contributed by atoms with Crippen LogP contribution in [0.2, 0.25) is 0 Å². The molecule has 2 heterocycles. The molecule has 0 bridgehead atoms. The monoisotopic (exact) mass is 333 g/mol. The van der Waals surface area contributed by atoms with Gasteiger partial charge in [-0.15, -0.1) is 0 Å². The predicted octanol–water partition coefficient (Wildman–Crippen LogP) is 2.31. The lowest BCUT2D eigenvalue weighted by Gasteiger charge is -2.32. The zero-order chi connectivity index (χ0) is 16.8. The molecule has 1 aromatic heterocycles. The number of rotatable bonds is 7. The Balaban J connectivity index is 1.35. The maximum absolute atomic E-state index is 13.5. The molecule has 1 fully saturated rings. The molecule has 0 amide bonds. The number of aliphatic hydroxyl groups excluding tert-OH is 1. The summed E-state index contributed by atoms with van der Waals surface area (Å²) in [5.74, 6) is 0.256. The Kier molecular flexibility index (Phi) is 5.96. The zero-order valence-electron chi connectivity index (χ0n) is 13.7. The fourth-order valence-corrected chi connectivity index (χ4v) is 3.19. The summed E-state index contributed by atoms with van der Waals surface area (Å²) in [6, 6.07) is 6.55. The normalized spacial score (nSPS) is 17.9. The lowest BCUT2D eigenvalue weighted by atomic mass is 9.94. The van der Waals surface area contributed by atoms with Crippen LogP contribution >= 0.6 is 0 Å². The second-order valence-corrected chi connectivity index (χ2v) is 6.34. The first-order chi connectivity index (χ1) is 11.7. The average molecular weight is 333 g/mol. The predicted molar refractivity (Wildman–Crippen MR) is 89.1 cm³/mol. The summed E-state index contributed by atoms with van der Waals surface area (Å²) in [5, 5.41) is 10.1. The van der Waals surface area contributed by atoms with Gasteiger partial charge in [0.25, 0.3) is 0 Å². The molecule has 1 unspecified atom stereocenters. The molecule has 0 radical (unpaired) electrons. The highest BCUT2D eigenvalue weighted by Gasteiger charge is 2.22. The van der Waals surface area contributed by atoms with E-state index in [1.165, 1.54) is 11.8 Å². The van der Waals surface area contributed by atoms with Crippen molar-refractivity contribution >= 4 is 0 Å². The molecule has 2 aromatic rings. The molecule has 0 aliphatic carbocycles. The number of aromatic amines is 1. The van der Waals surface area contributed by atoms with Crippen LogP contribution in [0, 0.1) is 5.82 Å². The summed E-state index contributed by atoms with van der Waals surface area (Å²) in [4.78, 5) is 9.51. The maximum Gasteiger partial charge on any atom is 0.128 e. The van der Waals surface area contributed by atoms with Gasteiger partial charge in [0.05, 0.1) is 25.6 Å². The summed E-state index contributed by atoms with van der Waals surface area (Å²) in [5.41, 5.74) is 1.72. The number of hydrogen-bond donors (Lipinski definition) is 2. The van der Waals surface area contributed by atoms with Crippen molar-refractivity contribution in [3.05, 3.63) is 53.9 Å². The molecule has 1 aromatic carbocycles. The standard InChI is InChI=1S/C18H24FN3O2/c19-17-4-2-1-3-15(17)11-24-12-16(23)10-22-7-5-14(6-8-22)18-9-20-13-21-18/h1-4,9,13-14,16,23H,5-8,10-12H2,(H,20,21). The summed E-state index contributed by atoms with van der Waals surface area (Å²) in [7, 11) is 0. The van der Waals surface area contributed by atoms with Crippen LogP contribution in [0.25, 0.3) is 0 Å². The third-order valence-electron chi connectivity index (χ3n) is 4.54. The summed E-state index contributed by atoms with van der Waals surface area (Å²) in [6.45, 7) is 2.90. The van der Waals surface area contributed by atoms with E-state index in [1.807, 2.05) is 6.20 Å². The van der Waals surface area contributed by atoms with Gasteiger partial charge in [0, 0.05) is 29.9 Å². The second kappa shape index (κ2) is 8.37. The van der Waals surface area contributed by atoms with E-state index in [0.29, 0.717) is 18.0 Å². The minimum absolute atomic E-state index is 0.186. The van der Waals surface area contributed by atoms with Crippen LogP contribution < -0.4 is 0 Å². The van der Waals surface area contributed by atoms with E-state index in [2.05, 4.69) is 14.9 Å². The molecular formula is C18H24FN3O2. The summed E-state index contributed by atoms with van der Waals surface area (Å²) < 4.78 is 18.9. The van der Waals surface area contributed by atoms with Gasteiger partial charge in [0.2, 0.25) is 0 Å². The molecule has 2 N–H and O–H groups in total. The SMILES string of the molecule is OC(COCc1ccccc1F)CN1CCC(c2cnc[nH]2)CC1. The molecule has 1 aliphatic rings. The number of aromatic nitrogens is 2. The molecular weight excluding hydrogens is 309 g/mol. The van der Waals surface area contributed by atoms with E-state index in [1.54, 1.807) is 24.5 Å². The Bertz CT molecular complexity index is 612. The van der Waals surface area contributed by atoms with Crippen molar-refractivity contribution in [1.29, 1.82) is 0 Å². The van der Waals surface area contributed by atoms with Crippen LogP contribution in [0.4, 0.5) is 4.39 Å². The van der Waals surface area contributed by atoms with Crippen LogP contribution in [0.15, 0.2) is 36.8 Å². The summed E-state index contributed by atoms with van der Waals surface area (Å²) in [6.07, 6.45) is 5.18. The Morgan fingerprint density at radius 2 is 2.12 bits per heavy atom. The number of nitrogens with one attached hydrogen (secondary N) is 1. The number of likely N-dealkylation sites (tertiary alicyclic amines) is 1. The van der Waals surface area contributed by atoms with Crippen molar-refractivity contribution in [3.8, 4) is 0 Å². The number of imidazole rings is 1. The van der Waals surface area contributed by atoms with Gasteiger partial charge in [0.15, 0.2) is 0 Å². The van der Waals surface area contributed by atoms with Gasteiger partial charge in [-0.2, -0.15) is 0 Å². The number of halogens is 1. The Hall–Kier alpha value is -1.76. The Morgan fingerprint density at radius 1 is 1.33 bits per heavy atom. The van der Waals surface area contributed by atoms with Crippen molar-refractivity contribution in [2.75, 3.05) is 26.2 Å². The van der Waals surface area contributed by atoms with Crippen LogP contribution in [0.3, 0.4) is 0 Å². The highest BCUT2D eigenvalue weighted by atomic mass is 19.1. The van der Waals surface area contributed by atoms with Crippen molar-refractivity contribution in [3.63, 3.8) is 0 Å². The molecule has 24 heavy (non-hydrogen) atoms. The largest absolute Gasteiger partial charge is 0.389 e. The molecule has 1 aliphatic heterocycles. The van der Waals surface area contributed by atoms with E-state index in [0.717, 1.165) is 25.9 Å². The summed E-state index contributed by atoms with van der Waals surface area (Å²) >= 11 is 0. The van der Waals surface area contributed by atoms with Crippen molar-refractivity contribution < 1.29 is 14.2 Å². The quantitative estimate of drug-likeness (QED) is 0.816. The first-order valence-electron chi connectivity index (χ1n) is 8.42. The lowest BCUT2D eigenvalue weighted by molar-refractivity contribution is 0.00545. The van der Waals surface area contributed by atoms with E-state index in [4.69, 9.17) is 4.74 Å². The van der Waals surface area contributed by atoms with Gasteiger partial charge in [-0.25, -0.2) is 9.37 Å². The third-order valence-corrected chi connectivity index (χ3v) is 4.54. The second-order valence-electron chi connectivity index (χ2n) is 6.34. The maximum atomic E-state index is 13.5. The number of aliphatic hydroxyl groups is 1. The molecule has 0 spiro atoms. The first-order valence-corrected chi connectivity index (χ1v) is 8.42. The van der Waals surface area contributed by atoms with Crippen LogP contribution in [-0.4, -0.2) is 52.3 Å². The Labute approximate surface area is 141 Å². The van der Waals surface area contributed by atoms with Gasteiger partial charge in [-0.1, -0.05) is 18.2 Å². The molecule has 1 atom stereocenters. The van der Waals surface area contributed by atoms with Crippen molar-refractivity contribution in [2.45, 2.75) is 31.5 Å². The number of benzene rings is 1. The van der Waals surface area contributed by atoms with Gasteiger partial charge < -0.3 is 19.7 Å². The Morgan fingerprint density at radius 3 is 2.83 bits per heavy atom. The van der Waals surface area contributed by atoms with Gasteiger partial charge >= 0.3 is 0 Å². The lowest BCUT2D eigenvalue weighted by Crippen LogP contribution is -2.39. The van der Waals surface area contributed by atoms with Gasteiger partial charge in [-0.3, -0.25) is 0 Å². The fraction of sp³-hybridized carbons (Fsp3) is 0.500. The van der Waals surface area contributed by atoms with Crippen molar-refractivity contribution in [1.82, 2.24) is 14.9 Å². The number of ether oxygens (including phenoxy) is 1. The van der Waals surface area contributed by atoms with Crippen molar-refractivity contribution in [2.24, 2.45) is 0 Å². The molecule has 130 valence electrons. The topological polar surface area (TPSA) is 61.4 Å². The average Bonchev–Trinajstić information content (AvgIpc) is 3.12. The molecule has 1 saturated heterocycles. The molecule has 0 saturated carbocycles. The third kappa shape index (κ3) is 4.63. The van der Waals surface area contributed by atoms with Crippen LogP contribution in [0.1, 0.15) is 30.0 Å². The van der Waals surface area contributed by atoms with E-state index in [9.17, 15) is 9.50 Å². The number of H-pyrrole nitrogens is 1. The molecule has 5 nitrogen and oxygen atoms in total. The minimum atomic E-state index is -0.555. The van der Waals surface area contributed by atoms with Gasteiger partial charge in [0.1, 0.15) is 5.82 Å². The van der Waals surface area contributed by atoms with E-state index in [-0.39, 0.29) is 19.0 Å². The molecule has 6 heteroatoms. The van der Waals surface area contributed by atoms with E-state index >= 15 is 0 Å². The fourth-order valence-electron chi connectivity index (χ4n) is 3.19. The highest BCUT2D eigenvalue weighted by molar-refractivity contribution is 5.16. The number of β-amino-alcohol motifs (C(OH)–C–C–N with tert-alkyl or cyclic N) is 1. The van der Waals surface area contributed by atoms with Gasteiger partial charge in [-0.05, 0) is 32.0 Å². The van der Waals surface area contributed by atoms with Crippen LogP contribution in [-0.2, 0) is 11.3 Å². The molecule has 3 rings (SSSR count). The number of piperidine rings is 1. The zero-order valence-corrected chi connectivity index (χ0v) is 13.7. The minimum Gasteiger partial charge on any atom is -0.389 e. The van der Waals surface area contributed by atoms with Crippen LogP contribution in [0.5, 0.6) is 0 Å². The highest BCUT2D eigenvalue weighted by Crippen LogP contribution is 2.26.